The minimum Gasteiger partial charge on any atom is -0.350 e. The summed E-state index contributed by atoms with van der Waals surface area (Å²) in [7, 11) is 2.07. The number of rotatable bonds is 3. The highest BCUT2D eigenvalue weighted by Crippen LogP contribution is 2.14. The molecule has 18 heavy (non-hydrogen) atoms. The van der Waals surface area contributed by atoms with Gasteiger partial charge in [-0.25, -0.2) is 9.97 Å². The number of nitrogens with zero attached hydrogens (tertiary/aromatic N) is 3. The molecule has 3 heterocycles. The van der Waals surface area contributed by atoms with E-state index in [4.69, 9.17) is 0 Å². The number of carbonyl (C=O) groups is 1. The maximum absolute atomic E-state index is 12.1. The van der Waals surface area contributed by atoms with Gasteiger partial charge in [0.25, 0.3) is 5.91 Å². The Morgan fingerprint density at radius 1 is 1.61 bits per heavy atom. The van der Waals surface area contributed by atoms with Gasteiger partial charge in [-0.3, -0.25) is 4.79 Å². The SMILES string of the molecule is CN1CCC1CNC(=O)c1ccnc2nc[nH]c12. The van der Waals surface area contributed by atoms with Gasteiger partial charge >= 0.3 is 0 Å². The monoisotopic (exact) mass is 245 g/mol. The topological polar surface area (TPSA) is 73.9 Å². The van der Waals surface area contributed by atoms with Crippen LogP contribution in [0.3, 0.4) is 0 Å². The zero-order valence-corrected chi connectivity index (χ0v) is 10.2. The Morgan fingerprint density at radius 3 is 3.22 bits per heavy atom. The highest BCUT2D eigenvalue weighted by molar-refractivity contribution is 6.03. The number of imidazole rings is 1. The first kappa shape index (κ1) is 11.2. The Hall–Kier alpha value is -1.95. The molecule has 0 saturated carbocycles. The van der Waals surface area contributed by atoms with Gasteiger partial charge in [0.1, 0.15) is 0 Å². The van der Waals surface area contributed by atoms with Crippen molar-refractivity contribution >= 4 is 17.1 Å². The van der Waals surface area contributed by atoms with Crippen LogP contribution in [0.5, 0.6) is 0 Å². The summed E-state index contributed by atoms with van der Waals surface area (Å²) in [6.07, 6.45) is 4.30. The molecular formula is C12H15N5O. The van der Waals surface area contributed by atoms with Crippen molar-refractivity contribution in [2.75, 3.05) is 20.1 Å². The second-order valence-electron chi connectivity index (χ2n) is 4.59. The number of hydrogen-bond acceptors (Lipinski definition) is 4. The number of nitrogens with one attached hydrogen (secondary N) is 2. The fraction of sp³-hybridized carbons (Fsp3) is 0.417. The van der Waals surface area contributed by atoms with Crippen LogP contribution >= 0.6 is 0 Å². The van der Waals surface area contributed by atoms with Crippen molar-refractivity contribution in [3.63, 3.8) is 0 Å². The van der Waals surface area contributed by atoms with Crippen molar-refractivity contribution in [2.45, 2.75) is 12.5 Å². The molecule has 1 unspecified atom stereocenters. The molecule has 0 aliphatic carbocycles. The Kier molecular flexibility index (Phi) is 2.71. The van der Waals surface area contributed by atoms with E-state index >= 15 is 0 Å². The Morgan fingerprint density at radius 2 is 2.50 bits per heavy atom. The van der Waals surface area contributed by atoms with Gasteiger partial charge in [0.05, 0.1) is 17.4 Å². The summed E-state index contributed by atoms with van der Waals surface area (Å²) in [4.78, 5) is 25.4. The first-order valence-corrected chi connectivity index (χ1v) is 6.02. The second-order valence-corrected chi connectivity index (χ2v) is 4.59. The average Bonchev–Trinajstić information content (AvgIpc) is 2.84. The summed E-state index contributed by atoms with van der Waals surface area (Å²) in [5, 5.41) is 2.96. The fourth-order valence-corrected chi connectivity index (χ4v) is 2.17. The van der Waals surface area contributed by atoms with Crippen molar-refractivity contribution in [2.24, 2.45) is 0 Å². The molecule has 1 aliphatic heterocycles. The molecule has 2 aromatic rings. The molecule has 1 saturated heterocycles. The van der Waals surface area contributed by atoms with Crippen LogP contribution in [-0.4, -0.2) is 51.9 Å². The molecule has 2 aromatic heterocycles. The van der Waals surface area contributed by atoms with E-state index < -0.39 is 0 Å². The van der Waals surface area contributed by atoms with E-state index in [0.29, 0.717) is 29.3 Å². The van der Waals surface area contributed by atoms with E-state index in [-0.39, 0.29) is 5.91 Å². The van der Waals surface area contributed by atoms with E-state index in [1.165, 1.54) is 0 Å². The largest absolute Gasteiger partial charge is 0.350 e. The number of pyridine rings is 1. The van der Waals surface area contributed by atoms with E-state index in [0.717, 1.165) is 13.0 Å². The Labute approximate surface area is 104 Å². The van der Waals surface area contributed by atoms with Crippen LogP contribution in [0.4, 0.5) is 0 Å². The van der Waals surface area contributed by atoms with Crippen LogP contribution in [-0.2, 0) is 0 Å². The number of likely N-dealkylation sites (N-methyl/N-ethyl adjacent to an activating group) is 1. The van der Waals surface area contributed by atoms with E-state index in [1.807, 2.05) is 0 Å². The van der Waals surface area contributed by atoms with Gasteiger partial charge in [0.15, 0.2) is 5.65 Å². The molecule has 1 atom stereocenters. The smallest absolute Gasteiger partial charge is 0.253 e. The molecule has 6 nitrogen and oxygen atoms in total. The minimum absolute atomic E-state index is 0.0769. The number of amides is 1. The van der Waals surface area contributed by atoms with Crippen LogP contribution in [0, 0.1) is 0 Å². The van der Waals surface area contributed by atoms with E-state index in [2.05, 4.69) is 32.2 Å². The molecule has 1 amide bonds. The number of carbonyl (C=O) groups excluding carboxylic acids is 1. The van der Waals surface area contributed by atoms with Crippen LogP contribution in [0.1, 0.15) is 16.8 Å². The standard InChI is InChI=1S/C12H15N5O/c1-17-5-3-8(17)6-14-12(18)9-2-4-13-11-10(9)15-7-16-11/h2,4,7-8H,3,5-6H2,1H3,(H,14,18)(H,13,15,16). The quantitative estimate of drug-likeness (QED) is 0.820. The number of fused-ring (bicyclic) bond motifs is 1. The van der Waals surface area contributed by atoms with Gasteiger partial charge in [0, 0.05) is 18.8 Å². The molecule has 1 fully saturated rings. The molecule has 3 rings (SSSR count). The Balaban J connectivity index is 1.73. The predicted molar refractivity (Wildman–Crippen MR) is 67.3 cm³/mol. The molecule has 6 heteroatoms. The molecule has 2 N–H and O–H groups in total. The normalized spacial score (nSPS) is 19.7. The maximum Gasteiger partial charge on any atom is 0.253 e. The fourth-order valence-electron chi connectivity index (χ4n) is 2.17. The molecule has 0 bridgehead atoms. The number of likely N-dealkylation sites (tertiary alicyclic amines) is 1. The average molecular weight is 245 g/mol. The van der Waals surface area contributed by atoms with Crippen LogP contribution < -0.4 is 5.32 Å². The van der Waals surface area contributed by atoms with Crippen molar-refractivity contribution in [3.8, 4) is 0 Å². The number of aromatic amines is 1. The van der Waals surface area contributed by atoms with Crippen molar-refractivity contribution in [1.82, 2.24) is 25.2 Å². The first-order chi connectivity index (χ1) is 8.75. The number of hydrogen-bond donors (Lipinski definition) is 2. The van der Waals surface area contributed by atoms with E-state index in [1.54, 1.807) is 18.6 Å². The molecule has 0 radical (unpaired) electrons. The van der Waals surface area contributed by atoms with Gasteiger partial charge < -0.3 is 15.2 Å². The molecular weight excluding hydrogens is 230 g/mol. The van der Waals surface area contributed by atoms with Gasteiger partial charge in [-0.1, -0.05) is 0 Å². The zero-order chi connectivity index (χ0) is 12.5. The highest BCUT2D eigenvalue weighted by Gasteiger charge is 2.24. The molecule has 0 aromatic carbocycles. The molecule has 94 valence electrons. The van der Waals surface area contributed by atoms with Crippen molar-refractivity contribution < 1.29 is 4.79 Å². The third-order valence-corrected chi connectivity index (χ3v) is 3.51. The van der Waals surface area contributed by atoms with E-state index in [9.17, 15) is 4.79 Å². The summed E-state index contributed by atoms with van der Waals surface area (Å²) in [6.45, 7) is 1.80. The van der Waals surface area contributed by atoms with Crippen molar-refractivity contribution in [3.05, 3.63) is 24.2 Å². The zero-order valence-electron chi connectivity index (χ0n) is 10.2. The predicted octanol–water partition coefficient (Wildman–Crippen LogP) is 0.392. The third kappa shape index (κ3) is 1.84. The lowest BCUT2D eigenvalue weighted by Crippen LogP contribution is -2.51. The third-order valence-electron chi connectivity index (χ3n) is 3.51. The van der Waals surface area contributed by atoms with Gasteiger partial charge in [0.2, 0.25) is 0 Å². The number of H-pyrrole nitrogens is 1. The van der Waals surface area contributed by atoms with Gasteiger partial charge in [-0.2, -0.15) is 0 Å². The van der Waals surface area contributed by atoms with Crippen LogP contribution in [0.25, 0.3) is 11.2 Å². The summed E-state index contributed by atoms with van der Waals surface area (Å²) in [5.41, 5.74) is 1.86. The minimum atomic E-state index is -0.0769. The lowest BCUT2D eigenvalue weighted by molar-refractivity contribution is 0.0885. The summed E-state index contributed by atoms with van der Waals surface area (Å²) in [6, 6.07) is 2.17. The van der Waals surface area contributed by atoms with Crippen LogP contribution in [0.2, 0.25) is 0 Å². The van der Waals surface area contributed by atoms with Gasteiger partial charge in [-0.05, 0) is 26.1 Å². The van der Waals surface area contributed by atoms with Gasteiger partial charge in [-0.15, -0.1) is 0 Å². The summed E-state index contributed by atoms with van der Waals surface area (Å²) >= 11 is 0. The summed E-state index contributed by atoms with van der Waals surface area (Å²) in [5.74, 6) is -0.0769. The Bertz CT molecular complexity index is 579. The first-order valence-electron chi connectivity index (χ1n) is 6.02. The van der Waals surface area contributed by atoms with Crippen LogP contribution in [0.15, 0.2) is 18.6 Å². The maximum atomic E-state index is 12.1. The lowest BCUT2D eigenvalue weighted by atomic mass is 10.0. The number of aromatic nitrogens is 3. The molecule has 0 spiro atoms. The van der Waals surface area contributed by atoms with Crippen molar-refractivity contribution in [1.29, 1.82) is 0 Å². The summed E-state index contributed by atoms with van der Waals surface area (Å²) < 4.78 is 0. The molecule has 1 aliphatic rings. The highest BCUT2D eigenvalue weighted by atomic mass is 16.1. The lowest BCUT2D eigenvalue weighted by Gasteiger charge is -2.37. The second kappa shape index (κ2) is 4.38.